The number of hydrogen-bond donors (Lipinski definition) is 2. The fourth-order valence-corrected chi connectivity index (χ4v) is 3.03. The number of rotatable bonds is 3. The summed E-state index contributed by atoms with van der Waals surface area (Å²) in [6.45, 7) is 0.299. The largest absolute Gasteiger partial charge is 0.480 e. The molecule has 1 amide bonds. The highest BCUT2D eigenvalue weighted by Crippen LogP contribution is 2.22. The van der Waals surface area contributed by atoms with Gasteiger partial charge in [-0.2, -0.15) is 0 Å². The lowest BCUT2D eigenvalue weighted by Gasteiger charge is -2.39. The second-order valence-electron chi connectivity index (χ2n) is 5.05. The van der Waals surface area contributed by atoms with Crippen LogP contribution in [0.4, 0.5) is 10.5 Å². The lowest BCUT2D eigenvalue weighted by atomic mass is 10.1. The van der Waals surface area contributed by atoms with E-state index >= 15 is 0 Å². The van der Waals surface area contributed by atoms with Gasteiger partial charge in [0.05, 0.1) is 4.90 Å². The van der Waals surface area contributed by atoms with Crippen LogP contribution in [0.1, 0.15) is 0 Å². The van der Waals surface area contributed by atoms with Gasteiger partial charge in [-0.1, -0.05) is 6.07 Å². The Hall–Kier alpha value is -2.29. The maximum absolute atomic E-state index is 11.6. The van der Waals surface area contributed by atoms with Crippen molar-refractivity contribution in [2.45, 2.75) is 10.9 Å². The van der Waals surface area contributed by atoms with E-state index < -0.39 is 27.9 Å². The third-order valence-electron chi connectivity index (χ3n) is 3.52. The number of carboxylic acid groups (broad SMARTS) is 2. The van der Waals surface area contributed by atoms with E-state index in [-0.39, 0.29) is 18.0 Å². The second kappa shape index (κ2) is 5.84. The van der Waals surface area contributed by atoms with Gasteiger partial charge in [-0.05, 0) is 18.2 Å². The van der Waals surface area contributed by atoms with E-state index in [0.29, 0.717) is 12.2 Å². The number of piperazine rings is 1. The molecular weight excluding hydrogens is 312 g/mol. The first-order valence-electron chi connectivity index (χ1n) is 6.47. The lowest BCUT2D eigenvalue weighted by Crippen LogP contribution is -2.58. The minimum absolute atomic E-state index is 0.0329. The van der Waals surface area contributed by atoms with Crippen molar-refractivity contribution >= 4 is 27.6 Å². The molecule has 1 aliphatic rings. The predicted molar refractivity (Wildman–Crippen MR) is 77.9 cm³/mol. The number of benzene rings is 1. The first-order valence-corrected chi connectivity index (χ1v) is 8.36. The molecule has 1 aromatic rings. The van der Waals surface area contributed by atoms with Gasteiger partial charge < -0.3 is 15.1 Å². The number of carbonyl (C=O) groups is 2. The molecule has 9 heteroatoms. The molecule has 1 heterocycles. The van der Waals surface area contributed by atoms with Crippen LogP contribution in [-0.2, 0) is 14.6 Å². The molecule has 2 rings (SSSR count). The van der Waals surface area contributed by atoms with Gasteiger partial charge in [0, 0.05) is 31.6 Å². The van der Waals surface area contributed by atoms with Crippen molar-refractivity contribution < 1.29 is 28.2 Å². The third-order valence-corrected chi connectivity index (χ3v) is 4.63. The Labute approximate surface area is 127 Å². The standard InChI is InChI=1S/C13H16N2O6S/c1-22(20,21)10-4-2-3-9(7-10)14-5-6-15(13(18)19)11(8-14)12(16)17/h2-4,7,11H,5-6,8H2,1H3,(H,16,17)(H,18,19). The molecule has 1 aliphatic heterocycles. The van der Waals surface area contributed by atoms with Crippen LogP contribution < -0.4 is 4.90 Å². The van der Waals surface area contributed by atoms with E-state index in [1.54, 1.807) is 17.0 Å². The smallest absolute Gasteiger partial charge is 0.408 e. The summed E-state index contributed by atoms with van der Waals surface area (Å²) in [7, 11) is -3.37. The highest BCUT2D eigenvalue weighted by atomic mass is 32.2. The molecule has 1 atom stereocenters. The van der Waals surface area contributed by atoms with Crippen molar-refractivity contribution in [3.8, 4) is 0 Å². The third kappa shape index (κ3) is 3.30. The summed E-state index contributed by atoms with van der Waals surface area (Å²) in [6.07, 6.45) is -0.189. The summed E-state index contributed by atoms with van der Waals surface area (Å²) in [5.74, 6) is -1.23. The highest BCUT2D eigenvalue weighted by Gasteiger charge is 2.35. The van der Waals surface area contributed by atoms with Gasteiger partial charge in [-0.25, -0.2) is 18.0 Å². The van der Waals surface area contributed by atoms with Gasteiger partial charge in [-0.15, -0.1) is 0 Å². The molecule has 1 unspecified atom stereocenters. The Balaban J connectivity index is 2.28. The quantitative estimate of drug-likeness (QED) is 0.822. The highest BCUT2D eigenvalue weighted by molar-refractivity contribution is 7.90. The fraction of sp³-hybridized carbons (Fsp3) is 0.385. The summed E-state index contributed by atoms with van der Waals surface area (Å²) in [5.41, 5.74) is 0.555. The lowest BCUT2D eigenvalue weighted by molar-refractivity contribution is -0.142. The van der Waals surface area contributed by atoms with Crippen molar-refractivity contribution in [3.63, 3.8) is 0 Å². The Morgan fingerprint density at radius 1 is 1.23 bits per heavy atom. The zero-order chi connectivity index (χ0) is 16.5. The maximum Gasteiger partial charge on any atom is 0.408 e. The van der Waals surface area contributed by atoms with Gasteiger partial charge in [0.25, 0.3) is 0 Å². The van der Waals surface area contributed by atoms with Gasteiger partial charge in [0.1, 0.15) is 6.04 Å². The van der Waals surface area contributed by atoms with Crippen LogP contribution in [-0.4, -0.2) is 67.5 Å². The van der Waals surface area contributed by atoms with Crippen LogP contribution in [0, 0.1) is 0 Å². The van der Waals surface area contributed by atoms with E-state index in [9.17, 15) is 23.1 Å². The number of nitrogens with zero attached hydrogens (tertiary/aromatic N) is 2. The molecule has 1 fully saturated rings. The van der Waals surface area contributed by atoms with Crippen molar-refractivity contribution in [2.24, 2.45) is 0 Å². The zero-order valence-corrected chi connectivity index (χ0v) is 12.7. The maximum atomic E-state index is 11.6. The van der Waals surface area contributed by atoms with Crippen molar-refractivity contribution in [3.05, 3.63) is 24.3 Å². The fourth-order valence-electron chi connectivity index (χ4n) is 2.37. The summed E-state index contributed by atoms with van der Waals surface area (Å²) in [5, 5.41) is 18.2. The molecule has 0 radical (unpaired) electrons. The van der Waals surface area contributed by atoms with E-state index in [1.807, 2.05) is 0 Å². The zero-order valence-electron chi connectivity index (χ0n) is 11.8. The van der Waals surface area contributed by atoms with E-state index in [0.717, 1.165) is 11.2 Å². The first-order chi connectivity index (χ1) is 10.2. The first kappa shape index (κ1) is 16.1. The van der Waals surface area contributed by atoms with E-state index in [1.165, 1.54) is 12.1 Å². The van der Waals surface area contributed by atoms with Crippen LogP contribution in [0.25, 0.3) is 0 Å². The topological polar surface area (TPSA) is 115 Å². The molecule has 22 heavy (non-hydrogen) atoms. The minimum atomic E-state index is -3.37. The van der Waals surface area contributed by atoms with Crippen LogP contribution in [0.3, 0.4) is 0 Å². The summed E-state index contributed by atoms with van der Waals surface area (Å²) >= 11 is 0. The molecule has 0 spiro atoms. The van der Waals surface area contributed by atoms with Crippen molar-refractivity contribution in [2.75, 3.05) is 30.8 Å². The molecule has 120 valence electrons. The molecule has 8 nitrogen and oxygen atoms in total. The van der Waals surface area contributed by atoms with Crippen molar-refractivity contribution in [1.29, 1.82) is 0 Å². The molecule has 2 N–H and O–H groups in total. The minimum Gasteiger partial charge on any atom is -0.480 e. The molecule has 0 aromatic heterocycles. The Bertz CT molecular complexity index is 702. The van der Waals surface area contributed by atoms with Crippen LogP contribution >= 0.6 is 0 Å². The van der Waals surface area contributed by atoms with Crippen molar-refractivity contribution in [1.82, 2.24) is 4.90 Å². The predicted octanol–water partition coefficient (Wildman–Crippen LogP) is 0.343. The molecule has 1 saturated heterocycles. The normalized spacial score (nSPS) is 19.0. The summed E-state index contributed by atoms with van der Waals surface area (Å²) in [6, 6.07) is 4.98. The summed E-state index contributed by atoms with van der Waals surface area (Å²) < 4.78 is 23.2. The molecular formula is C13H16N2O6S. The van der Waals surface area contributed by atoms with E-state index in [2.05, 4.69) is 0 Å². The Kier molecular flexibility index (Phi) is 4.27. The van der Waals surface area contributed by atoms with Crippen LogP contribution in [0.5, 0.6) is 0 Å². The van der Waals surface area contributed by atoms with Gasteiger partial charge in [0.2, 0.25) is 0 Å². The number of anilines is 1. The number of aliphatic carboxylic acids is 1. The average Bonchev–Trinajstić information content (AvgIpc) is 2.45. The monoisotopic (exact) mass is 328 g/mol. The number of hydrogen-bond acceptors (Lipinski definition) is 5. The van der Waals surface area contributed by atoms with E-state index in [4.69, 9.17) is 5.11 Å². The van der Waals surface area contributed by atoms with Gasteiger partial charge in [0.15, 0.2) is 9.84 Å². The van der Waals surface area contributed by atoms with Gasteiger partial charge >= 0.3 is 12.1 Å². The second-order valence-corrected chi connectivity index (χ2v) is 7.06. The van der Waals surface area contributed by atoms with Crippen LogP contribution in [0.15, 0.2) is 29.2 Å². The number of amides is 1. The molecule has 0 saturated carbocycles. The van der Waals surface area contributed by atoms with Gasteiger partial charge in [-0.3, -0.25) is 4.90 Å². The van der Waals surface area contributed by atoms with Crippen LogP contribution in [0.2, 0.25) is 0 Å². The SMILES string of the molecule is CS(=O)(=O)c1cccc(N2CCN(C(=O)O)C(C(=O)O)C2)c1. The molecule has 0 aliphatic carbocycles. The Morgan fingerprint density at radius 2 is 1.91 bits per heavy atom. The molecule has 0 bridgehead atoms. The average molecular weight is 328 g/mol. The molecule has 1 aromatic carbocycles. The number of carboxylic acids is 1. The Morgan fingerprint density at radius 3 is 2.45 bits per heavy atom. The summed E-state index contributed by atoms with van der Waals surface area (Å²) in [4.78, 5) is 25.0. The number of sulfone groups is 1.